The topological polar surface area (TPSA) is 236 Å². The second-order valence-corrected chi connectivity index (χ2v) is 20.7. The lowest BCUT2D eigenvalue weighted by molar-refractivity contribution is -0.391. The zero-order valence-electron chi connectivity index (χ0n) is 35.8. The predicted octanol–water partition coefficient (Wildman–Crippen LogP) is 0.852. The molecular formula is C44H70O16. The molecule has 0 aromatic carbocycles. The lowest BCUT2D eigenvalue weighted by atomic mass is 9.46. The average molecular weight is 855 g/mol. The standard InChI is InChI=1S/C44H70O16/c1-18-9-12-44(54-16-18)19(2)30-28(60-44)15-26-24-8-7-22-13-23(45)14-29(43(22,6)25(24)10-11-42(26,30)5)57-41-38(59-40-36(52)34(50)31(47)20(3)55-40)37(32(48)21(4)56-41)58-39-35(51)33(49)27(46)17-53-39/h7,18-21,23-41,45-52H,8-17H2,1-6H3/t18-,19+,20+,21-,23-,24-,25+,26+,27-,28+,29-,30+,31+,32+,33+,34-,35-,36-,37+,38-,39+,40+,41-,42+,43+,44-/m1/s1. The van der Waals surface area contributed by atoms with Gasteiger partial charge in [0.2, 0.25) is 0 Å². The Morgan fingerprint density at radius 3 is 2.12 bits per heavy atom. The van der Waals surface area contributed by atoms with Crippen LogP contribution in [0.2, 0.25) is 0 Å². The van der Waals surface area contributed by atoms with Crippen LogP contribution in [0.15, 0.2) is 11.6 Å². The molecule has 0 aromatic rings. The minimum Gasteiger partial charge on any atom is -0.393 e. The third-order valence-electron chi connectivity index (χ3n) is 17.3. The molecule has 9 rings (SSSR count). The van der Waals surface area contributed by atoms with E-state index in [1.165, 1.54) is 6.92 Å². The number of rotatable bonds is 6. The minimum absolute atomic E-state index is 0.0699. The van der Waals surface area contributed by atoms with Crippen LogP contribution in [0.4, 0.5) is 0 Å². The molecule has 1 spiro atoms. The van der Waals surface area contributed by atoms with Gasteiger partial charge in [0.25, 0.3) is 0 Å². The number of fused-ring (bicyclic) bond motifs is 7. The summed E-state index contributed by atoms with van der Waals surface area (Å²) < 4.78 is 51.1. The van der Waals surface area contributed by atoms with Gasteiger partial charge in [-0.1, -0.05) is 39.3 Å². The van der Waals surface area contributed by atoms with E-state index in [1.54, 1.807) is 6.92 Å². The van der Waals surface area contributed by atoms with Crippen LogP contribution in [0.5, 0.6) is 0 Å². The van der Waals surface area contributed by atoms with Crippen molar-refractivity contribution in [1.29, 1.82) is 0 Å². The summed E-state index contributed by atoms with van der Waals surface area (Å²) in [6.45, 7) is 12.8. The van der Waals surface area contributed by atoms with Crippen molar-refractivity contribution in [1.82, 2.24) is 0 Å². The third kappa shape index (κ3) is 7.01. The molecule has 5 aliphatic heterocycles. The van der Waals surface area contributed by atoms with Crippen molar-refractivity contribution < 1.29 is 78.7 Å². The first-order valence-electron chi connectivity index (χ1n) is 22.7. The van der Waals surface area contributed by atoms with E-state index in [4.69, 9.17) is 37.9 Å². The fourth-order valence-corrected chi connectivity index (χ4v) is 13.8. The van der Waals surface area contributed by atoms with Gasteiger partial charge in [-0.05, 0) is 87.4 Å². The van der Waals surface area contributed by atoms with Gasteiger partial charge >= 0.3 is 0 Å². The summed E-state index contributed by atoms with van der Waals surface area (Å²) >= 11 is 0. The summed E-state index contributed by atoms with van der Waals surface area (Å²) in [5.41, 5.74) is 0.681. The molecule has 4 aliphatic carbocycles. The normalized spacial score (nSPS) is 59.2. The first-order valence-corrected chi connectivity index (χ1v) is 22.7. The van der Waals surface area contributed by atoms with Crippen LogP contribution in [0.3, 0.4) is 0 Å². The molecule has 342 valence electrons. The molecule has 0 aromatic heterocycles. The summed E-state index contributed by atoms with van der Waals surface area (Å²) in [6.07, 6.45) is -12.0. The van der Waals surface area contributed by atoms with Gasteiger partial charge in [-0.15, -0.1) is 0 Å². The van der Waals surface area contributed by atoms with Crippen LogP contribution in [-0.2, 0) is 37.9 Å². The fourth-order valence-electron chi connectivity index (χ4n) is 13.8. The smallest absolute Gasteiger partial charge is 0.187 e. The van der Waals surface area contributed by atoms with Crippen LogP contribution < -0.4 is 0 Å². The highest BCUT2D eigenvalue weighted by atomic mass is 16.8. The highest BCUT2D eigenvalue weighted by Crippen LogP contribution is 2.71. The molecule has 0 radical (unpaired) electrons. The molecule has 3 saturated carbocycles. The lowest BCUT2D eigenvalue weighted by Gasteiger charge is -2.60. The number of allylic oxidation sites excluding steroid dienone is 1. The molecule has 16 heteroatoms. The van der Waals surface area contributed by atoms with Gasteiger partial charge in [-0.25, -0.2) is 0 Å². The van der Waals surface area contributed by atoms with E-state index in [9.17, 15) is 40.9 Å². The lowest BCUT2D eigenvalue weighted by Crippen LogP contribution is -2.66. The first-order chi connectivity index (χ1) is 28.4. The van der Waals surface area contributed by atoms with Gasteiger partial charge in [-0.3, -0.25) is 0 Å². The van der Waals surface area contributed by atoms with Crippen LogP contribution in [0, 0.1) is 46.3 Å². The van der Waals surface area contributed by atoms with Crippen molar-refractivity contribution in [2.45, 2.75) is 203 Å². The molecule has 0 bridgehead atoms. The Hall–Kier alpha value is -0.900. The molecule has 8 fully saturated rings. The number of ether oxygens (including phenoxy) is 8. The largest absolute Gasteiger partial charge is 0.393 e. The van der Waals surface area contributed by atoms with E-state index < -0.39 is 109 Å². The molecule has 16 nitrogen and oxygen atoms in total. The highest BCUT2D eigenvalue weighted by molar-refractivity contribution is 5.29. The van der Waals surface area contributed by atoms with E-state index in [2.05, 4.69) is 33.8 Å². The van der Waals surface area contributed by atoms with E-state index in [0.29, 0.717) is 30.1 Å². The Morgan fingerprint density at radius 1 is 0.683 bits per heavy atom. The van der Waals surface area contributed by atoms with Crippen LogP contribution in [0.1, 0.15) is 92.9 Å². The van der Waals surface area contributed by atoms with Gasteiger partial charge in [0.05, 0.1) is 43.7 Å². The Bertz CT molecular complexity index is 1580. The monoisotopic (exact) mass is 854 g/mol. The highest BCUT2D eigenvalue weighted by Gasteiger charge is 2.69. The molecule has 0 unspecified atom stereocenters. The summed E-state index contributed by atoms with van der Waals surface area (Å²) in [6, 6.07) is 0. The van der Waals surface area contributed by atoms with Crippen molar-refractivity contribution in [2.24, 2.45) is 46.3 Å². The Balaban J connectivity index is 1.01. The van der Waals surface area contributed by atoms with E-state index >= 15 is 0 Å². The van der Waals surface area contributed by atoms with Crippen molar-refractivity contribution >= 4 is 0 Å². The first kappa shape index (κ1) is 44.3. The average Bonchev–Trinajstić information content (AvgIpc) is 3.66. The van der Waals surface area contributed by atoms with E-state index in [-0.39, 0.29) is 36.4 Å². The maximum Gasteiger partial charge on any atom is 0.187 e. The molecule has 5 heterocycles. The van der Waals surface area contributed by atoms with Crippen molar-refractivity contribution in [3.63, 3.8) is 0 Å². The third-order valence-corrected chi connectivity index (χ3v) is 17.3. The van der Waals surface area contributed by atoms with Gasteiger partial charge in [0.15, 0.2) is 24.7 Å². The van der Waals surface area contributed by atoms with Gasteiger partial charge in [-0.2, -0.15) is 0 Å². The van der Waals surface area contributed by atoms with E-state index in [0.717, 1.165) is 50.7 Å². The van der Waals surface area contributed by atoms with Gasteiger partial charge in [0.1, 0.15) is 54.9 Å². The van der Waals surface area contributed by atoms with E-state index in [1.807, 2.05) is 0 Å². The number of hydrogen-bond donors (Lipinski definition) is 8. The second kappa shape index (κ2) is 16.2. The Kier molecular flexibility index (Phi) is 12.0. The number of hydrogen-bond acceptors (Lipinski definition) is 16. The molecular weight excluding hydrogens is 784 g/mol. The summed E-state index contributed by atoms with van der Waals surface area (Å²) in [5.74, 6) is 1.67. The quantitative estimate of drug-likeness (QED) is 0.173. The molecule has 8 N–H and O–H groups in total. The summed E-state index contributed by atoms with van der Waals surface area (Å²) in [4.78, 5) is 0. The molecule has 9 aliphatic rings. The van der Waals surface area contributed by atoms with Crippen LogP contribution in [0.25, 0.3) is 0 Å². The number of aliphatic hydroxyl groups excluding tert-OH is 8. The van der Waals surface area contributed by atoms with Crippen LogP contribution >= 0.6 is 0 Å². The minimum atomic E-state index is -1.72. The Labute approximate surface area is 352 Å². The summed E-state index contributed by atoms with van der Waals surface area (Å²) in [5, 5.41) is 86.8. The summed E-state index contributed by atoms with van der Waals surface area (Å²) in [7, 11) is 0. The number of aliphatic hydroxyl groups is 8. The van der Waals surface area contributed by atoms with Crippen molar-refractivity contribution in [2.75, 3.05) is 13.2 Å². The second-order valence-electron chi connectivity index (χ2n) is 20.7. The molecule has 26 atom stereocenters. The zero-order valence-corrected chi connectivity index (χ0v) is 35.8. The molecule has 60 heavy (non-hydrogen) atoms. The zero-order chi connectivity index (χ0) is 42.8. The fraction of sp³-hybridized carbons (Fsp3) is 0.955. The maximum atomic E-state index is 11.6. The molecule has 0 amide bonds. The maximum absolute atomic E-state index is 11.6. The predicted molar refractivity (Wildman–Crippen MR) is 208 cm³/mol. The van der Waals surface area contributed by atoms with Gasteiger partial charge in [0, 0.05) is 24.2 Å². The van der Waals surface area contributed by atoms with Crippen LogP contribution in [-0.4, -0.2) is 164 Å². The van der Waals surface area contributed by atoms with Gasteiger partial charge < -0.3 is 78.7 Å². The SMILES string of the molecule is C[C@@H]1CC[C@@]2(OC1)O[C@H]1C[C@H]3[C@@H]4CC=C5C[C@@H](O)C[C@@H](O[C@H]6O[C@H](C)[C@H](O)[C@H](O[C@@H]7OC[C@@H](O)[C@H](O)[C@H]7O)[C@H]6O[C@@H]6O[C@@H](C)[C@H](O)[C@@H](O)[C@H]6O)[C@]5(C)[C@H]4CC[C@]3(C)[C@H]1[C@@H]2C. The molecule has 5 saturated heterocycles. The Morgan fingerprint density at radius 2 is 1.38 bits per heavy atom. The van der Waals surface area contributed by atoms with Crippen molar-refractivity contribution in [3.8, 4) is 0 Å². The van der Waals surface area contributed by atoms with Crippen molar-refractivity contribution in [3.05, 3.63) is 11.6 Å².